The molecule has 0 amide bonds. The number of hydrogen-bond acceptors (Lipinski definition) is 2. The van der Waals surface area contributed by atoms with E-state index >= 15 is 0 Å². The van der Waals surface area contributed by atoms with Gasteiger partial charge in [-0.25, -0.2) is 4.79 Å². The van der Waals surface area contributed by atoms with Gasteiger partial charge in [0.15, 0.2) is 5.43 Å². The number of carbonyl (C=O) groups is 1. The fourth-order valence-corrected chi connectivity index (χ4v) is 3.89. The van der Waals surface area contributed by atoms with Crippen molar-refractivity contribution in [3.05, 3.63) is 90.1 Å². The second kappa shape index (κ2) is 8.62. The summed E-state index contributed by atoms with van der Waals surface area (Å²) in [5, 5.41) is 11.0. The first-order valence-corrected chi connectivity index (χ1v) is 10.1. The molecule has 0 saturated carbocycles. The van der Waals surface area contributed by atoms with Crippen molar-refractivity contribution >= 4 is 40.8 Å². The van der Waals surface area contributed by atoms with Crippen LogP contribution in [-0.4, -0.2) is 15.6 Å². The lowest BCUT2D eigenvalue weighted by molar-refractivity contribution is 0.0695. The van der Waals surface area contributed by atoms with Gasteiger partial charge >= 0.3 is 5.97 Å². The molecule has 29 heavy (non-hydrogen) atoms. The molecule has 0 unspecified atom stereocenters. The van der Waals surface area contributed by atoms with Crippen LogP contribution < -0.4 is 5.43 Å². The zero-order valence-corrected chi connectivity index (χ0v) is 18.1. The first kappa shape index (κ1) is 21.4. The normalized spacial score (nSPS) is 10.9. The van der Waals surface area contributed by atoms with Crippen molar-refractivity contribution in [2.24, 2.45) is 0 Å². The molecular weight excluding hydrogens is 433 g/mol. The molecule has 0 fully saturated rings. The molecule has 4 nitrogen and oxygen atoms in total. The van der Waals surface area contributed by atoms with Crippen molar-refractivity contribution in [2.45, 2.75) is 26.8 Å². The standard InChI is InChI=1S/C22H18Cl3NO3/c1-3-26-15(9-13-5-4-6-16(23)12(13)2)11-19(27)20(22(28)29)21(26)14-7-8-17(24)18(25)10-14/h4-8,10-11H,3,9H2,1-2H3,(H,28,29). The van der Waals surface area contributed by atoms with Gasteiger partial charge in [-0.05, 0) is 43.2 Å². The monoisotopic (exact) mass is 449 g/mol. The minimum atomic E-state index is -1.29. The summed E-state index contributed by atoms with van der Waals surface area (Å²) >= 11 is 18.4. The van der Waals surface area contributed by atoms with Crippen LogP contribution >= 0.6 is 34.8 Å². The fourth-order valence-electron chi connectivity index (χ4n) is 3.39. The number of hydrogen-bond donors (Lipinski definition) is 1. The van der Waals surface area contributed by atoms with Gasteiger partial charge in [-0.2, -0.15) is 0 Å². The molecule has 0 aliphatic heterocycles. The van der Waals surface area contributed by atoms with Crippen LogP contribution in [0.3, 0.4) is 0 Å². The zero-order chi connectivity index (χ0) is 21.3. The van der Waals surface area contributed by atoms with Crippen LogP contribution in [-0.2, 0) is 13.0 Å². The number of carboxylic acids is 1. The Kier molecular flexibility index (Phi) is 6.37. The van der Waals surface area contributed by atoms with Crippen LogP contribution in [0.25, 0.3) is 11.3 Å². The van der Waals surface area contributed by atoms with E-state index < -0.39 is 11.4 Å². The summed E-state index contributed by atoms with van der Waals surface area (Å²) in [7, 11) is 0. The van der Waals surface area contributed by atoms with Crippen LogP contribution in [0, 0.1) is 6.92 Å². The van der Waals surface area contributed by atoms with Crippen molar-refractivity contribution in [3.63, 3.8) is 0 Å². The van der Waals surface area contributed by atoms with Crippen molar-refractivity contribution in [2.75, 3.05) is 0 Å². The van der Waals surface area contributed by atoms with Crippen LogP contribution in [0.5, 0.6) is 0 Å². The van der Waals surface area contributed by atoms with E-state index in [2.05, 4.69) is 0 Å². The van der Waals surface area contributed by atoms with Gasteiger partial charge in [0, 0.05) is 35.3 Å². The van der Waals surface area contributed by atoms with Gasteiger partial charge in [-0.1, -0.05) is 53.0 Å². The van der Waals surface area contributed by atoms with Crippen molar-refractivity contribution in [1.82, 2.24) is 4.57 Å². The predicted molar refractivity (Wildman–Crippen MR) is 118 cm³/mol. The van der Waals surface area contributed by atoms with Gasteiger partial charge in [0.05, 0.1) is 15.7 Å². The summed E-state index contributed by atoms with van der Waals surface area (Å²) in [6.45, 7) is 4.27. The van der Waals surface area contributed by atoms with E-state index in [0.717, 1.165) is 11.1 Å². The van der Waals surface area contributed by atoms with E-state index in [0.29, 0.717) is 40.0 Å². The Hall–Kier alpha value is -2.27. The van der Waals surface area contributed by atoms with E-state index in [1.807, 2.05) is 36.6 Å². The number of nitrogens with zero attached hydrogens (tertiary/aromatic N) is 1. The maximum Gasteiger partial charge on any atom is 0.341 e. The molecule has 0 saturated heterocycles. The third-order valence-corrected chi connectivity index (χ3v) is 6.02. The average Bonchev–Trinajstić information content (AvgIpc) is 2.67. The minimum absolute atomic E-state index is 0.284. The van der Waals surface area contributed by atoms with Crippen LogP contribution in [0.2, 0.25) is 15.1 Å². The Morgan fingerprint density at radius 2 is 1.76 bits per heavy atom. The van der Waals surface area contributed by atoms with Crippen molar-refractivity contribution < 1.29 is 9.90 Å². The summed E-state index contributed by atoms with van der Waals surface area (Å²) in [5.41, 5.74) is 2.54. The smallest absolute Gasteiger partial charge is 0.341 e. The van der Waals surface area contributed by atoms with Crippen LogP contribution in [0.1, 0.15) is 34.1 Å². The maximum atomic E-state index is 12.8. The SMILES string of the molecule is CCn1c(Cc2cccc(Cl)c2C)cc(=O)c(C(=O)O)c1-c1ccc(Cl)c(Cl)c1. The second-order valence-electron chi connectivity index (χ2n) is 6.60. The molecule has 3 aromatic rings. The lowest BCUT2D eigenvalue weighted by Crippen LogP contribution is -2.23. The molecule has 1 heterocycles. The summed E-state index contributed by atoms with van der Waals surface area (Å²) in [6.07, 6.45) is 0.434. The number of benzene rings is 2. The van der Waals surface area contributed by atoms with Gasteiger partial charge < -0.3 is 9.67 Å². The summed E-state index contributed by atoms with van der Waals surface area (Å²) in [5.74, 6) is -1.29. The van der Waals surface area contributed by atoms with E-state index in [9.17, 15) is 14.7 Å². The first-order valence-electron chi connectivity index (χ1n) is 8.94. The van der Waals surface area contributed by atoms with Gasteiger partial charge in [-0.3, -0.25) is 4.79 Å². The number of aromatic nitrogens is 1. The third kappa shape index (κ3) is 4.20. The Morgan fingerprint density at radius 3 is 2.38 bits per heavy atom. The second-order valence-corrected chi connectivity index (χ2v) is 7.82. The maximum absolute atomic E-state index is 12.8. The molecule has 0 radical (unpaired) electrons. The van der Waals surface area contributed by atoms with E-state index in [1.54, 1.807) is 18.2 Å². The van der Waals surface area contributed by atoms with Gasteiger partial charge in [-0.15, -0.1) is 0 Å². The first-order chi connectivity index (χ1) is 13.7. The highest BCUT2D eigenvalue weighted by Gasteiger charge is 2.22. The molecule has 1 N–H and O–H groups in total. The van der Waals surface area contributed by atoms with E-state index in [4.69, 9.17) is 34.8 Å². The highest BCUT2D eigenvalue weighted by Crippen LogP contribution is 2.31. The summed E-state index contributed by atoms with van der Waals surface area (Å²) in [4.78, 5) is 24.7. The molecule has 0 aliphatic carbocycles. The Labute approximate surface area is 183 Å². The topological polar surface area (TPSA) is 59.3 Å². The molecule has 150 valence electrons. The largest absolute Gasteiger partial charge is 0.477 e. The number of carboxylic acid groups (broad SMARTS) is 1. The lowest BCUT2D eigenvalue weighted by Gasteiger charge is -2.20. The Bertz CT molecular complexity index is 1170. The number of halogens is 3. The Balaban J connectivity index is 2.30. The van der Waals surface area contributed by atoms with Crippen molar-refractivity contribution in [3.8, 4) is 11.3 Å². The van der Waals surface area contributed by atoms with Crippen molar-refractivity contribution in [1.29, 1.82) is 0 Å². The summed E-state index contributed by atoms with van der Waals surface area (Å²) < 4.78 is 1.82. The number of pyridine rings is 1. The molecule has 0 bridgehead atoms. The molecule has 0 spiro atoms. The van der Waals surface area contributed by atoms with E-state index in [-0.39, 0.29) is 10.6 Å². The minimum Gasteiger partial charge on any atom is -0.477 e. The number of aromatic carboxylic acids is 1. The molecule has 3 rings (SSSR count). The Morgan fingerprint density at radius 1 is 1.03 bits per heavy atom. The van der Waals surface area contributed by atoms with Gasteiger partial charge in [0.25, 0.3) is 0 Å². The molecule has 2 aromatic carbocycles. The molecular formula is C22H18Cl3NO3. The molecule has 7 heteroatoms. The van der Waals surface area contributed by atoms with Gasteiger partial charge in [0.2, 0.25) is 0 Å². The predicted octanol–water partition coefficient (Wildman–Crippen LogP) is 6.09. The highest BCUT2D eigenvalue weighted by atomic mass is 35.5. The quantitative estimate of drug-likeness (QED) is 0.511. The average molecular weight is 451 g/mol. The zero-order valence-electron chi connectivity index (χ0n) is 15.8. The molecule has 1 aromatic heterocycles. The number of rotatable bonds is 5. The third-order valence-electron chi connectivity index (χ3n) is 4.87. The fraction of sp³-hybridized carbons (Fsp3) is 0.182. The highest BCUT2D eigenvalue weighted by molar-refractivity contribution is 6.42. The van der Waals surface area contributed by atoms with Gasteiger partial charge in [0.1, 0.15) is 5.56 Å². The molecule has 0 aliphatic rings. The lowest BCUT2D eigenvalue weighted by atomic mass is 9.99. The molecule has 0 atom stereocenters. The van der Waals surface area contributed by atoms with Crippen LogP contribution in [0.15, 0.2) is 47.3 Å². The van der Waals surface area contributed by atoms with E-state index in [1.165, 1.54) is 6.07 Å². The van der Waals surface area contributed by atoms with Crippen LogP contribution in [0.4, 0.5) is 0 Å². The summed E-state index contributed by atoms with van der Waals surface area (Å²) in [6, 6.07) is 11.8.